The van der Waals surface area contributed by atoms with E-state index in [0.717, 1.165) is 42.2 Å². The fourth-order valence-electron chi connectivity index (χ4n) is 3.94. The Hall–Kier alpha value is -2.70. The number of aromatic nitrogens is 5. The summed E-state index contributed by atoms with van der Waals surface area (Å²) in [5.74, 6) is 1.60. The first-order valence-corrected chi connectivity index (χ1v) is 9.35. The Labute approximate surface area is 151 Å². The van der Waals surface area contributed by atoms with Crippen molar-refractivity contribution < 1.29 is 0 Å². The van der Waals surface area contributed by atoms with Crippen molar-refractivity contribution in [2.24, 2.45) is 0 Å². The molecule has 0 aromatic carbocycles. The summed E-state index contributed by atoms with van der Waals surface area (Å²) in [4.78, 5) is 19.2. The second-order valence-electron chi connectivity index (χ2n) is 7.40. The third-order valence-electron chi connectivity index (χ3n) is 5.41. The molecule has 1 saturated carbocycles. The van der Waals surface area contributed by atoms with Crippen LogP contribution in [-0.2, 0) is 6.54 Å². The van der Waals surface area contributed by atoms with E-state index in [1.165, 1.54) is 12.8 Å². The van der Waals surface area contributed by atoms with Gasteiger partial charge < -0.3 is 4.90 Å². The summed E-state index contributed by atoms with van der Waals surface area (Å²) in [6, 6.07) is 7.80. The zero-order valence-corrected chi connectivity index (χ0v) is 14.9. The molecule has 3 aromatic rings. The molecule has 0 radical (unpaired) electrons. The van der Waals surface area contributed by atoms with E-state index in [1.807, 2.05) is 23.6 Å². The van der Waals surface area contributed by atoms with Crippen LogP contribution in [0, 0.1) is 6.92 Å². The molecular formula is C19H22N6O. The van der Waals surface area contributed by atoms with Crippen LogP contribution >= 0.6 is 0 Å². The minimum Gasteiger partial charge on any atom is -0.352 e. The van der Waals surface area contributed by atoms with Gasteiger partial charge in [-0.25, -0.2) is 9.67 Å². The minimum atomic E-state index is -0.0172. The van der Waals surface area contributed by atoms with Gasteiger partial charge in [0.05, 0.1) is 24.5 Å². The van der Waals surface area contributed by atoms with Gasteiger partial charge in [-0.1, -0.05) is 0 Å². The summed E-state index contributed by atoms with van der Waals surface area (Å²) in [5.41, 5.74) is 2.88. The summed E-state index contributed by atoms with van der Waals surface area (Å²) in [7, 11) is 0. The summed E-state index contributed by atoms with van der Waals surface area (Å²) in [5, 5.41) is 9.08. The number of nitrogens with zero attached hydrogens (tertiary/aromatic N) is 6. The third-order valence-corrected chi connectivity index (χ3v) is 5.41. The molecule has 1 aliphatic carbocycles. The lowest BCUT2D eigenvalue weighted by Gasteiger charge is -2.27. The van der Waals surface area contributed by atoms with Gasteiger partial charge in [-0.3, -0.25) is 4.79 Å². The Bertz CT molecular complexity index is 1020. The molecule has 3 aromatic heterocycles. The molecule has 0 spiro atoms. The summed E-state index contributed by atoms with van der Waals surface area (Å²) >= 11 is 0. The van der Waals surface area contributed by atoms with Crippen molar-refractivity contribution >= 4 is 11.5 Å². The van der Waals surface area contributed by atoms with Crippen LogP contribution in [-0.4, -0.2) is 37.0 Å². The molecule has 7 nitrogen and oxygen atoms in total. The van der Waals surface area contributed by atoms with Crippen LogP contribution in [0.3, 0.4) is 0 Å². The first kappa shape index (κ1) is 15.5. The second-order valence-corrected chi connectivity index (χ2v) is 7.40. The number of aryl methyl sites for hydroxylation is 1. The smallest absolute Gasteiger partial charge is 0.266 e. The molecule has 0 bridgehead atoms. The van der Waals surface area contributed by atoms with E-state index in [4.69, 9.17) is 0 Å². The highest BCUT2D eigenvalue weighted by Gasteiger charge is 2.29. The molecule has 5 rings (SSSR count). The quantitative estimate of drug-likeness (QED) is 0.721. The Kier molecular flexibility index (Phi) is 3.55. The maximum Gasteiger partial charge on any atom is 0.266 e. The van der Waals surface area contributed by atoms with Crippen LogP contribution < -0.4 is 10.5 Å². The molecule has 2 aliphatic rings. The first-order chi connectivity index (χ1) is 12.7. The zero-order chi connectivity index (χ0) is 17.7. The van der Waals surface area contributed by atoms with Gasteiger partial charge >= 0.3 is 0 Å². The molecule has 0 N–H and O–H groups in total. The fraction of sp³-hybridized carbons (Fsp3) is 0.474. The van der Waals surface area contributed by atoms with Crippen LogP contribution in [0.1, 0.15) is 43.0 Å². The molecule has 1 atom stereocenters. The molecule has 134 valence electrons. The third kappa shape index (κ3) is 2.67. The molecule has 7 heteroatoms. The first-order valence-electron chi connectivity index (χ1n) is 9.35. The molecular weight excluding hydrogens is 328 g/mol. The van der Waals surface area contributed by atoms with Crippen molar-refractivity contribution in [2.75, 3.05) is 11.4 Å². The van der Waals surface area contributed by atoms with Crippen LogP contribution in [0.2, 0.25) is 0 Å². The van der Waals surface area contributed by atoms with Crippen molar-refractivity contribution in [3.8, 4) is 0 Å². The van der Waals surface area contributed by atoms with E-state index >= 15 is 0 Å². The number of anilines is 1. The maximum absolute atomic E-state index is 12.3. The topological polar surface area (TPSA) is 68.3 Å². The van der Waals surface area contributed by atoms with E-state index in [9.17, 15) is 4.79 Å². The molecule has 1 aliphatic heterocycles. The zero-order valence-electron chi connectivity index (χ0n) is 14.9. The van der Waals surface area contributed by atoms with E-state index in [1.54, 1.807) is 16.9 Å². The van der Waals surface area contributed by atoms with Gasteiger partial charge in [0.15, 0.2) is 5.65 Å². The number of rotatable bonds is 4. The number of hydrogen-bond acceptors (Lipinski definition) is 5. The average molecular weight is 350 g/mol. The van der Waals surface area contributed by atoms with Crippen LogP contribution in [0.5, 0.6) is 0 Å². The van der Waals surface area contributed by atoms with Crippen LogP contribution in [0.25, 0.3) is 5.65 Å². The Morgan fingerprint density at radius 1 is 1.19 bits per heavy atom. The van der Waals surface area contributed by atoms with Crippen LogP contribution in [0.15, 0.2) is 35.3 Å². The van der Waals surface area contributed by atoms with Gasteiger partial charge in [0, 0.05) is 36.4 Å². The largest absolute Gasteiger partial charge is 0.352 e. The predicted octanol–water partition coefficient (Wildman–Crippen LogP) is 2.14. The van der Waals surface area contributed by atoms with E-state index < -0.39 is 0 Å². The Balaban J connectivity index is 1.48. The minimum absolute atomic E-state index is 0.0172. The van der Waals surface area contributed by atoms with Gasteiger partial charge in [-0.05, 0) is 38.7 Å². The number of hydrogen-bond donors (Lipinski definition) is 0. The Morgan fingerprint density at radius 3 is 2.92 bits per heavy atom. The molecule has 26 heavy (non-hydrogen) atoms. The summed E-state index contributed by atoms with van der Waals surface area (Å²) < 4.78 is 3.55. The maximum atomic E-state index is 12.3. The molecule has 0 amide bonds. The molecule has 2 fully saturated rings. The monoisotopic (exact) mass is 350 g/mol. The standard InChI is InChI=1S/C19H22N6O/c1-13-11-18(25-17(21-13)8-9-20-25)23-10-2-3-15(23)12-24-19(26)7-6-16(22-24)14-4-5-14/h6-9,11,14-15H,2-5,10,12H2,1H3. The van der Waals surface area contributed by atoms with Gasteiger partial charge in [0.1, 0.15) is 5.82 Å². The van der Waals surface area contributed by atoms with Gasteiger partial charge in [0.25, 0.3) is 5.56 Å². The highest BCUT2D eigenvalue weighted by atomic mass is 16.1. The lowest BCUT2D eigenvalue weighted by Crippen LogP contribution is -2.38. The highest BCUT2D eigenvalue weighted by molar-refractivity contribution is 5.51. The van der Waals surface area contributed by atoms with Gasteiger partial charge in [-0.15, -0.1) is 0 Å². The summed E-state index contributed by atoms with van der Waals surface area (Å²) in [6.07, 6.45) is 6.31. The molecule has 1 saturated heterocycles. The normalized spacial score (nSPS) is 20.2. The molecule has 4 heterocycles. The van der Waals surface area contributed by atoms with Gasteiger partial charge in [-0.2, -0.15) is 14.7 Å². The van der Waals surface area contributed by atoms with E-state index in [2.05, 4.69) is 26.1 Å². The summed E-state index contributed by atoms with van der Waals surface area (Å²) in [6.45, 7) is 3.58. The predicted molar refractivity (Wildman–Crippen MR) is 98.6 cm³/mol. The van der Waals surface area contributed by atoms with Crippen molar-refractivity contribution in [3.05, 3.63) is 52.2 Å². The fourth-order valence-corrected chi connectivity index (χ4v) is 3.94. The lowest BCUT2D eigenvalue weighted by molar-refractivity contribution is 0.479. The van der Waals surface area contributed by atoms with E-state index in [0.29, 0.717) is 12.5 Å². The van der Waals surface area contributed by atoms with E-state index in [-0.39, 0.29) is 11.6 Å². The number of fused-ring (bicyclic) bond motifs is 1. The van der Waals surface area contributed by atoms with Gasteiger partial charge in [0.2, 0.25) is 0 Å². The van der Waals surface area contributed by atoms with Crippen LogP contribution in [0.4, 0.5) is 5.82 Å². The average Bonchev–Trinajstić information content (AvgIpc) is 3.19. The SMILES string of the molecule is Cc1cc(N2CCCC2Cn2nc(C3CC3)ccc2=O)n2nccc2n1. The Morgan fingerprint density at radius 2 is 2.08 bits per heavy atom. The second kappa shape index (κ2) is 5.93. The molecule has 1 unspecified atom stereocenters. The van der Waals surface area contributed by atoms with Crippen molar-refractivity contribution in [2.45, 2.75) is 51.1 Å². The van der Waals surface area contributed by atoms with Crippen molar-refractivity contribution in [1.29, 1.82) is 0 Å². The highest BCUT2D eigenvalue weighted by Crippen LogP contribution is 2.38. The van der Waals surface area contributed by atoms with Crippen molar-refractivity contribution in [1.82, 2.24) is 24.4 Å². The lowest BCUT2D eigenvalue weighted by atomic mass is 10.2. The van der Waals surface area contributed by atoms with Crippen molar-refractivity contribution in [3.63, 3.8) is 0 Å².